The third kappa shape index (κ3) is 3.99. The van der Waals surface area contributed by atoms with E-state index in [1.807, 2.05) is 0 Å². The third-order valence-electron chi connectivity index (χ3n) is 2.67. The van der Waals surface area contributed by atoms with Gasteiger partial charge in [0.15, 0.2) is 0 Å². The molecule has 1 saturated heterocycles. The van der Waals surface area contributed by atoms with E-state index in [9.17, 15) is 4.39 Å². The summed E-state index contributed by atoms with van der Waals surface area (Å²) in [4.78, 5) is 2.37. The van der Waals surface area contributed by atoms with Crippen molar-refractivity contribution in [2.75, 3.05) is 13.1 Å². The van der Waals surface area contributed by atoms with Gasteiger partial charge in [-0.3, -0.25) is 0 Å². The fourth-order valence-corrected chi connectivity index (χ4v) is 1.93. The molecule has 0 N–H and O–H groups in total. The van der Waals surface area contributed by atoms with Gasteiger partial charge in [0, 0.05) is 12.4 Å². The van der Waals surface area contributed by atoms with Crippen LogP contribution in [0.3, 0.4) is 0 Å². The molecule has 1 aliphatic heterocycles. The van der Waals surface area contributed by atoms with Crippen molar-refractivity contribution < 1.29 is 23.3 Å². The van der Waals surface area contributed by atoms with Crippen molar-refractivity contribution in [1.82, 2.24) is 4.90 Å². The topological polar surface area (TPSA) is 3.24 Å². The van der Waals surface area contributed by atoms with Gasteiger partial charge in [0.1, 0.15) is 0 Å². The van der Waals surface area contributed by atoms with Crippen LogP contribution in [0.25, 0.3) is 0 Å². The molecule has 1 heterocycles. The van der Waals surface area contributed by atoms with Crippen LogP contribution in [-0.4, -0.2) is 18.0 Å². The number of hydrogen-bond acceptors (Lipinski definition) is 1. The van der Waals surface area contributed by atoms with E-state index in [4.69, 9.17) is 0 Å². The first-order valence-electron chi connectivity index (χ1n) is 5.23. The monoisotopic (exact) mass is 199 g/mol. The average Bonchev–Trinajstić information content (AvgIpc) is 2.19. The van der Waals surface area contributed by atoms with Crippen LogP contribution in [0.15, 0.2) is 18.2 Å². The summed E-state index contributed by atoms with van der Waals surface area (Å²) in [6.07, 6.45) is 3.88. The van der Waals surface area contributed by atoms with Gasteiger partial charge in [0.05, 0.1) is 0 Å². The van der Waals surface area contributed by atoms with Crippen molar-refractivity contribution in [3.63, 3.8) is 0 Å². The van der Waals surface area contributed by atoms with Gasteiger partial charge in [-0.15, -0.1) is 17.7 Å². The van der Waals surface area contributed by atoms with Gasteiger partial charge in [-0.25, -0.2) is 4.39 Å². The van der Waals surface area contributed by atoms with E-state index < -0.39 is 0 Å². The first-order valence-corrected chi connectivity index (χ1v) is 5.23. The second-order valence-corrected chi connectivity index (χ2v) is 3.87. The molecule has 2 rings (SSSR count). The molecule has 1 aromatic rings. The second-order valence-electron chi connectivity index (χ2n) is 3.87. The van der Waals surface area contributed by atoms with Crippen molar-refractivity contribution in [3.8, 4) is 0 Å². The van der Waals surface area contributed by atoms with Crippen molar-refractivity contribution in [2.45, 2.75) is 25.8 Å². The maximum absolute atomic E-state index is 12.9. The smallest absolute Gasteiger partial charge is 0.301 e. The maximum Gasteiger partial charge on any atom is 1.00 e. The van der Waals surface area contributed by atoms with E-state index in [2.05, 4.69) is 11.0 Å². The van der Waals surface area contributed by atoms with Crippen LogP contribution in [0.1, 0.15) is 24.8 Å². The molecule has 1 nitrogen and oxygen atoms in total. The Labute approximate surface area is 103 Å². The zero-order valence-electron chi connectivity index (χ0n) is 9.30. The fraction of sp³-hybridized carbons (Fsp3) is 0.500. The zero-order valence-corrected chi connectivity index (χ0v) is 9.30. The predicted molar refractivity (Wildman–Crippen MR) is 54.4 cm³/mol. The average molecular weight is 199 g/mol. The van der Waals surface area contributed by atoms with Crippen molar-refractivity contribution in [2.24, 2.45) is 0 Å². The molecule has 0 spiro atoms. The van der Waals surface area contributed by atoms with E-state index in [1.165, 1.54) is 25.3 Å². The Hall–Kier alpha value is -0.293. The van der Waals surface area contributed by atoms with Crippen LogP contribution < -0.4 is 18.9 Å². The molecule has 0 saturated carbocycles. The van der Waals surface area contributed by atoms with Gasteiger partial charge in [-0.2, -0.15) is 12.1 Å². The van der Waals surface area contributed by atoms with Crippen molar-refractivity contribution in [1.29, 1.82) is 0 Å². The van der Waals surface area contributed by atoms with Crippen molar-refractivity contribution in [3.05, 3.63) is 35.6 Å². The molecule has 0 amide bonds. The summed E-state index contributed by atoms with van der Waals surface area (Å²) >= 11 is 0. The molecule has 0 unspecified atom stereocenters. The summed E-state index contributed by atoms with van der Waals surface area (Å²) in [7, 11) is 0. The standard InChI is InChI=1S/C12H15FN.Li/c13-12-6-4-5-11(9-12)10-14-7-2-1-3-8-14;/h4,6,9H,1-3,7-8,10H2;/q-1;+1. The molecule has 0 aliphatic carbocycles. The maximum atomic E-state index is 12.9. The van der Waals surface area contributed by atoms with Gasteiger partial charge in [0.2, 0.25) is 0 Å². The summed E-state index contributed by atoms with van der Waals surface area (Å²) in [5.41, 5.74) is 0.965. The zero-order chi connectivity index (χ0) is 9.80. The summed E-state index contributed by atoms with van der Waals surface area (Å²) in [5, 5.41) is 0. The summed E-state index contributed by atoms with van der Waals surface area (Å²) in [6, 6.07) is 7.76. The number of piperidine rings is 1. The van der Waals surface area contributed by atoms with E-state index in [0.29, 0.717) is 0 Å². The largest absolute Gasteiger partial charge is 1.00 e. The number of benzene rings is 1. The van der Waals surface area contributed by atoms with Gasteiger partial charge in [-0.1, -0.05) is 6.42 Å². The van der Waals surface area contributed by atoms with Crippen LogP contribution in [0, 0.1) is 11.9 Å². The number of nitrogens with zero attached hydrogens (tertiary/aromatic N) is 1. The van der Waals surface area contributed by atoms with Crippen LogP contribution in [0.4, 0.5) is 4.39 Å². The minimum Gasteiger partial charge on any atom is -0.301 e. The minimum atomic E-state index is -0.157. The van der Waals surface area contributed by atoms with Crippen LogP contribution in [0.2, 0.25) is 0 Å². The fourth-order valence-electron chi connectivity index (χ4n) is 1.93. The summed E-state index contributed by atoms with van der Waals surface area (Å²) in [6.45, 7) is 3.13. The molecular weight excluding hydrogens is 184 g/mol. The van der Waals surface area contributed by atoms with E-state index in [-0.39, 0.29) is 24.7 Å². The first kappa shape index (κ1) is 12.8. The minimum absolute atomic E-state index is 0. The summed E-state index contributed by atoms with van der Waals surface area (Å²) in [5.74, 6) is -0.157. The third-order valence-corrected chi connectivity index (χ3v) is 2.67. The number of halogens is 1. The molecule has 1 fully saturated rings. The molecule has 1 aliphatic rings. The number of rotatable bonds is 2. The molecule has 0 radical (unpaired) electrons. The molecule has 15 heavy (non-hydrogen) atoms. The van der Waals surface area contributed by atoms with Gasteiger partial charge in [0.25, 0.3) is 0 Å². The van der Waals surface area contributed by atoms with E-state index in [1.54, 1.807) is 12.1 Å². The van der Waals surface area contributed by atoms with Gasteiger partial charge in [-0.05, 0) is 25.9 Å². The van der Waals surface area contributed by atoms with Crippen LogP contribution in [0.5, 0.6) is 0 Å². The first-order chi connectivity index (χ1) is 6.84. The Balaban J connectivity index is 0.00000112. The molecule has 1 aromatic carbocycles. The van der Waals surface area contributed by atoms with E-state index in [0.717, 1.165) is 25.2 Å². The quantitative estimate of drug-likeness (QED) is 0.463. The van der Waals surface area contributed by atoms with Crippen molar-refractivity contribution >= 4 is 0 Å². The molecule has 0 aromatic heterocycles. The molecule has 3 heteroatoms. The van der Waals surface area contributed by atoms with Gasteiger partial charge >= 0.3 is 18.9 Å². The Morgan fingerprint density at radius 3 is 2.67 bits per heavy atom. The molecule has 76 valence electrons. The number of hydrogen-bond donors (Lipinski definition) is 0. The van der Waals surface area contributed by atoms with E-state index >= 15 is 0 Å². The molecule has 0 atom stereocenters. The van der Waals surface area contributed by atoms with Gasteiger partial charge < -0.3 is 4.90 Å². The summed E-state index contributed by atoms with van der Waals surface area (Å²) < 4.78 is 12.9. The SMILES string of the molecule is Fc1cc[c-]c(CN2CCCCC2)c1.[Li+]. The Morgan fingerprint density at radius 1 is 1.27 bits per heavy atom. The number of likely N-dealkylation sites (tertiary alicyclic amines) is 1. The Morgan fingerprint density at radius 2 is 2.00 bits per heavy atom. The molecule has 0 bridgehead atoms. The Kier molecular flexibility index (Phi) is 5.39. The predicted octanol–water partition coefficient (Wildman–Crippen LogP) is -0.384. The van der Waals surface area contributed by atoms with Crippen LogP contribution >= 0.6 is 0 Å². The second kappa shape index (κ2) is 6.32. The normalized spacial score (nSPS) is 17.1. The molecular formula is C12H15FLiN. The Bertz CT molecular complexity index is 297. The van der Waals surface area contributed by atoms with Crippen LogP contribution in [-0.2, 0) is 6.54 Å².